The van der Waals surface area contributed by atoms with Gasteiger partial charge in [0.05, 0.1) is 0 Å². The Hall–Kier alpha value is -3.54. The van der Waals surface area contributed by atoms with Gasteiger partial charge in [-0.1, -0.05) is 42.5 Å². The zero-order valence-corrected chi connectivity index (χ0v) is 16.1. The van der Waals surface area contributed by atoms with E-state index in [4.69, 9.17) is 4.74 Å². The van der Waals surface area contributed by atoms with Crippen molar-refractivity contribution in [3.05, 3.63) is 84.2 Å². The number of amides is 1. The van der Waals surface area contributed by atoms with Crippen LogP contribution in [0.2, 0.25) is 0 Å². The van der Waals surface area contributed by atoms with Crippen LogP contribution < -0.4 is 10.1 Å². The van der Waals surface area contributed by atoms with Gasteiger partial charge in [0.25, 0.3) is 5.91 Å². The van der Waals surface area contributed by atoms with Crippen molar-refractivity contribution in [1.82, 2.24) is 15.3 Å². The zero-order valence-electron chi connectivity index (χ0n) is 16.1. The Morgan fingerprint density at radius 3 is 2.24 bits per heavy atom. The highest BCUT2D eigenvalue weighted by Crippen LogP contribution is 2.17. The van der Waals surface area contributed by atoms with E-state index in [9.17, 15) is 9.59 Å². The minimum absolute atomic E-state index is 0.258. The van der Waals surface area contributed by atoms with E-state index < -0.39 is 5.91 Å². The van der Waals surface area contributed by atoms with Crippen LogP contribution in [0.3, 0.4) is 0 Å². The SMILES string of the molecule is O=C(CCCc1ccccc1)C(=O)NCCc1ccc(Oc2ncccn2)cc1. The molecule has 1 aromatic heterocycles. The number of Topliss-reactive ketones (excluding diaryl/α,β-unsaturated/α-hetero) is 1. The third kappa shape index (κ3) is 6.84. The number of aromatic nitrogens is 2. The van der Waals surface area contributed by atoms with Crippen molar-refractivity contribution in [1.29, 1.82) is 0 Å². The van der Waals surface area contributed by atoms with Crippen LogP contribution in [0, 0.1) is 0 Å². The first kappa shape index (κ1) is 20.2. The third-order valence-corrected chi connectivity index (χ3v) is 4.34. The smallest absolute Gasteiger partial charge is 0.321 e. The predicted octanol–water partition coefficient (Wildman–Crippen LogP) is 3.52. The lowest BCUT2D eigenvalue weighted by Crippen LogP contribution is -2.32. The summed E-state index contributed by atoms with van der Waals surface area (Å²) in [5.41, 5.74) is 2.20. The number of aryl methyl sites for hydroxylation is 1. The Morgan fingerprint density at radius 1 is 0.828 bits per heavy atom. The molecule has 1 amide bonds. The number of rotatable bonds is 10. The molecule has 29 heavy (non-hydrogen) atoms. The van der Waals surface area contributed by atoms with Crippen LogP contribution >= 0.6 is 0 Å². The van der Waals surface area contributed by atoms with Crippen LogP contribution in [-0.4, -0.2) is 28.2 Å². The van der Waals surface area contributed by atoms with Gasteiger partial charge in [0.1, 0.15) is 5.75 Å². The molecule has 0 saturated heterocycles. The number of nitrogens with one attached hydrogen (secondary N) is 1. The third-order valence-electron chi connectivity index (χ3n) is 4.34. The van der Waals surface area contributed by atoms with Crippen molar-refractivity contribution in [2.75, 3.05) is 6.54 Å². The Kier molecular flexibility index (Phi) is 7.46. The highest BCUT2D eigenvalue weighted by molar-refractivity contribution is 6.36. The van der Waals surface area contributed by atoms with Crippen LogP contribution in [0.1, 0.15) is 24.0 Å². The van der Waals surface area contributed by atoms with Crippen molar-refractivity contribution in [2.45, 2.75) is 25.7 Å². The van der Waals surface area contributed by atoms with Crippen LogP contribution in [-0.2, 0) is 22.4 Å². The topological polar surface area (TPSA) is 81.2 Å². The number of ether oxygens (including phenoxy) is 1. The Balaban J connectivity index is 1.35. The fraction of sp³-hybridized carbons (Fsp3) is 0.217. The lowest BCUT2D eigenvalue weighted by atomic mass is 10.1. The summed E-state index contributed by atoms with van der Waals surface area (Å²) in [5, 5.41) is 2.69. The van der Waals surface area contributed by atoms with Crippen LogP contribution in [0.25, 0.3) is 0 Å². The van der Waals surface area contributed by atoms with E-state index in [-0.39, 0.29) is 12.2 Å². The second kappa shape index (κ2) is 10.7. The van der Waals surface area contributed by atoms with Crippen molar-refractivity contribution in [2.24, 2.45) is 0 Å². The van der Waals surface area contributed by atoms with Gasteiger partial charge in [0, 0.05) is 25.4 Å². The van der Waals surface area contributed by atoms with Gasteiger partial charge in [-0.2, -0.15) is 0 Å². The van der Waals surface area contributed by atoms with E-state index in [1.165, 1.54) is 5.56 Å². The molecule has 0 radical (unpaired) electrons. The Labute approximate surface area is 170 Å². The maximum Gasteiger partial charge on any atom is 0.321 e. The number of benzene rings is 2. The van der Waals surface area contributed by atoms with Gasteiger partial charge in [0.2, 0.25) is 5.78 Å². The lowest BCUT2D eigenvalue weighted by molar-refractivity contribution is -0.137. The van der Waals surface area contributed by atoms with E-state index >= 15 is 0 Å². The number of nitrogens with zero attached hydrogens (tertiary/aromatic N) is 2. The summed E-state index contributed by atoms with van der Waals surface area (Å²) in [6.45, 7) is 0.408. The van der Waals surface area contributed by atoms with E-state index in [1.54, 1.807) is 18.5 Å². The molecule has 0 spiro atoms. The Morgan fingerprint density at radius 2 is 1.52 bits per heavy atom. The molecule has 0 aliphatic carbocycles. The summed E-state index contributed by atoms with van der Waals surface area (Å²) in [6, 6.07) is 19.4. The van der Waals surface area contributed by atoms with Gasteiger partial charge in [-0.25, -0.2) is 9.97 Å². The highest BCUT2D eigenvalue weighted by atomic mass is 16.5. The first-order valence-corrected chi connectivity index (χ1v) is 9.59. The summed E-state index contributed by atoms with van der Waals surface area (Å²) in [5.74, 6) is -0.246. The van der Waals surface area contributed by atoms with Crippen molar-refractivity contribution in [3.63, 3.8) is 0 Å². The van der Waals surface area contributed by atoms with Gasteiger partial charge in [-0.05, 0) is 48.6 Å². The largest absolute Gasteiger partial charge is 0.424 e. The molecule has 0 unspecified atom stereocenters. The molecular weight excluding hydrogens is 366 g/mol. The van der Waals surface area contributed by atoms with Crippen LogP contribution in [0.4, 0.5) is 0 Å². The normalized spacial score (nSPS) is 10.3. The van der Waals surface area contributed by atoms with Gasteiger partial charge in [-0.15, -0.1) is 0 Å². The molecule has 2 aromatic carbocycles. The molecule has 0 saturated carbocycles. The first-order valence-electron chi connectivity index (χ1n) is 9.59. The molecule has 0 atom stereocenters. The molecule has 1 heterocycles. The van der Waals surface area contributed by atoms with E-state index in [2.05, 4.69) is 15.3 Å². The van der Waals surface area contributed by atoms with E-state index in [0.29, 0.717) is 31.1 Å². The van der Waals surface area contributed by atoms with Crippen LogP contribution in [0.15, 0.2) is 73.1 Å². The number of hydrogen-bond acceptors (Lipinski definition) is 5. The monoisotopic (exact) mass is 389 g/mol. The maximum absolute atomic E-state index is 12.0. The minimum atomic E-state index is -0.515. The summed E-state index contributed by atoms with van der Waals surface area (Å²) in [7, 11) is 0. The fourth-order valence-electron chi connectivity index (χ4n) is 2.80. The Bertz CT molecular complexity index is 913. The molecule has 148 valence electrons. The minimum Gasteiger partial charge on any atom is -0.424 e. The highest BCUT2D eigenvalue weighted by Gasteiger charge is 2.12. The van der Waals surface area contributed by atoms with Crippen molar-refractivity contribution < 1.29 is 14.3 Å². The summed E-state index contributed by atoms with van der Waals surface area (Å²) < 4.78 is 5.54. The zero-order chi connectivity index (χ0) is 20.3. The maximum atomic E-state index is 12.0. The molecule has 3 aromatic rings. The fourth-order valence-corrected chi connectivity index (χ4v) is 2.80. The average molecular weight is 389 g/mol. The molecule has 6 nitrogen and oxygen atoms in total. The molecule has 6 heteroatoms. The van der Waals surface area contributed by atoms with Gasteiger partial charge >= 0.3 is 6.01 Å². The van der Waals surface area contributed by atoms with Crippen molar-refractivity contribution >= 4 is 11.7 Å². The standard InChI is InChI=1S/C23H23N3O3/c27-21(9-4-8-18-6-2-1-3-7-18)22(28)24-17-14-19-10-12-20(13-11-19)29-23-25-15-5-16-26-23/h1-3,5-7,10-13,15-16H,4,8-9,14,17H2,(H,24,28). The second-order valence-corrected chi connectivity index (χ2v) is 6.55. The molecule has 0 aliphatic rings. The quantitative estimate of drug-likeness (QED) is 0.537. The molecule has 3 rings (SSSR count). The molecule has 0 bridgehead atoms. The number of ketones is 1. The lowest BCUT2D eigenvalue weighted by Gasteiger charge is -2.07. The number of hydrogen-bond donors (Lipinski definition) is 1. The summed E-state index contributed by atoms with van der Waals surface area (Å²) >= 11 is 0. The van der Waals surface area contributed by atoms with Crippen molar-refractivity contribution in [3.8, 4) is 11.8 Å². The van der Waals surface area contributed by atoms with Gasteiger partial charge in [-0.3, -0.25) is 9.59 Å². The number of carbonyl (C=O) groups is 2. The second-order valence-electron chi connectivity index (χ2n) is 6.55. The summed E-state index contributed by atoms with van der Waals surface area (Å²) in [6.07, 6.45) is 5.58. The van der Waals surface area contributed by atoms with Gasteiger partial charge < -0.3 is 10.1 Å². The average Bonchev–Trinajstić information content (AvgIpc) is 2.76. The predicted molar refractivity (Wildman–Crippen MR) is 110 cm³/mol. The van der Waals surface area contributed by atoms with Gasteiger partial charge in [0.15, 0.2) is 0 Å². The van der Waals surface area contributed by atoms with E-state index in [0.717, 1.165) is 12.0 Å². The molecule has 1 N–H and O–H groups in total. The number of carbonyl (C=O) groups excluding carboxylic acids is 2. The summed E-state index contributed by atoms with van der Waals surface area (Å²) in [4.78, 5) is 31.9. The molecule has 0 fully saturated rings. The molecule has 0 aliphatic heterocycles. The van der Waals surface area contributed by atoms with Crippen LogP contribution in [0.5, 0.6) is 11.8 Å². The molecular formula is C23H23N3O3. The van der Waals surface area contributed by atoms with E-state index in [1.807, 2.05) is 54.6 Å². The first-order chi connectivity index (χ1) is 14.2.